The fraction of sp³-hybridized carbons (Fsp3) is 0.500. The molecule has 0 radical (unpaired) electrons. The molecule has 3 nitrogen and oxygen atoms in total. The van der Waals surface area contributed by atoms with Gasteiger partial charge >= 0.3 is 0 Å². The van der Waals surface area contributed by atoms with Crippen LogP contribution in [0.25, 0.3) is 0 Å². The Bertz CT molecular complexity index is 275. The second-order valence-electron chi connectivity index (χ2n) is 2.94. The molecule has 0 aliphatic rings. The Morgan fingerprint density at radius 3 is 3.13 bits per heavy atom. The Kier molecular flexibility index (Phi) is 6.31. The number of thiocarbonyl (C=S) groups is 1. The van der Waals surface area contributed by atoms with Gasteiger partial charge in [0.05, 0.1) is 5.69 Å². The summed E-state index contributed by atoms with van der Waals surface area (Å²) in [6.45, 7) is 4.40. The van der Waals surface area contributed by atoms with E-state index in [2.05, 4.69) is 10.6 Å². The fourth-order valence-electron chi connectivity index (χ4n) is 1.03. The Morgan fingerprint density at radius 2 is 2.47 bits per heavy atom. The van der Waals surface area contributed by atoms with Gasteiger partial charge in [0.1, 0.15) is 0 Å². The highest BCUT2D eigenvalue weighted by atomic mass is 32.1. The minimum atomic E-state index is 0.671. The highest BCUT2D eigenvalue weighted by Gasteiger charge is 1.96. The summed E-state index contributed by atoms with van der Waals surface area (Å²) < 4.78 is 5.22. The van der Waals surface area contributed by atoms with E-state index in [1.165, 1.54) is 0 Å². The molecule has 5 heteroatoms. The molecule has 0 atom stereocenters. The first kappa shape index (κ1) is 12.4. The van der Waals surface area contributed by atoms with Gasteiger partial charge in [-0.15, -0.1) is 0 Å². The molecule has 0 unspecified atom stereocenters. The number of anilines is 1. The molecule has 0 aliphatic heterocycles. The SMILES string of the molecule is CCOCCCNC(=S)Nc1ccsc1. The normalized spacial score (nSPS) is 9.93. The number of hydrogen-bond donors (Lipinski definition) is 2. The first-order valence-electron chi connectivity index (χ1n) is 4.97. The molecule has 2 N–H and O–H groups in total. The van der Waals surface area contributed by atoms with Gasteiger partial charge in [-0.2, -0.15) is 11.3 Å². The average Bonchev–Trinajstić information content (AvgIpc) is 2.70. The molecule has 0 saturated carbocycles. The molecule has 1 aromatic rings. The van der Waals surface area contributed by atoms with Gasteiger partial charge in [-0.25, -0.2) is 0 Å². The van der Waals surface area contributed by atoms with Crippen LogP contribution in [0.2, 0.25) is 0 Å². The molecule has 0 saturated heterocycles. The van der Waals surface area contributed by atoms with Gasteiger partial charge in [0.2, 0.25) is 0 Å². The Balaban J connectivity index is 2.04. The van der Waals surface area contributed by atoms with E-state index in [4.69, 9.17) is 17.0 Å². The van der Waals surface area contributed by atoms with Crippen molar-refractivity contribution >= 4 is 34.4 Å². The number of thiophene rings is 1. The highest BCUT2D eigenvalue weighted by Crippen LogP contribution is 2.11. The van der Waals surface area contributed by atoms with E-state index in [0.717, 1.165) is 31.9 Å². The van der Waals surface area contributed by atoms with Crippen LogP contribution in [0.15, 0.2) is 16.8 Å². The quantitative estimate of drug-likeness (QED) is 0.595. The lowest BCUT2D eigenvalue weighted by molar-refractivity contribution is 0.146. The van der Waals surface area contributed by atoms with Crippen LogP contribution in [-0.4, -0.2) is 24.9 Å². The van der Waals surface area contributed by atoms with Gasteiger partial charge in [-0.3, -0.25) is 0 Å². The summed E-state index contributed by atoms with van der Waals surface area (Å²) in [4.78, 5) is 0. The molecule has 0 fully saturated rings. The summed E-state index contributed by atoms with van der Waals surface area (Å²) in [6.07, 6.45) is 0.972. The fourth-order valence-corrected chi connectivity index (χ4v) is 1.84. The maximum atomic E-state index is 5.22. The molecule has 0 aliphatic carbocycles. The number of ether oxygens (including phenoxy) is 1. The molecule has 1 heterocycles. The third-order valence-electron chi connectivity index (χ3n) is 1.73. The lowest BCUT2D eigenvalue weighted by Gasteiger charge is -2.08. The second kappa shape index (κ2) is 7.62. The zero-order valence-corrected chi connectivity index (χ0v) is 10.4. The molecular formula is C10H16N2OS2. The summed E-state index contributed by atoms with van der Waals surface area (Å²) >= 11 is 6.77. The minimum absolute atomic E-state index is 0.671. The maximum Gasteiger partial charge on any atom is 0.170 e. The first-order valence-corrected chi connectivity index (χ1v) is 6.33. The largest absolute Gasteiger partial charge is 0.382 e. The highest BCUT2D eigenvalue weighted by molar-refractivity contribution is 7.80. The molecule has 15 heavy (non-hydrogen) atoms. The van der Waals surface area contributed by atoms with Crippen molar-refractivity contribution in [2.45, 2.75) is 13.3 Å². The van der Waals surface area contributed by atoms with Gasteiger partial charge in [0.25, 0.3) is 0 Å². The predicted octanol–water partition coefficient (Wildman–Crippen LogP) is 2.46. The van der Waals surface area contributed by atoms with Crippen LogP contribution in [0.4, 0.5) is 5.69 Å². The number of nitrogens with one attached hydrogen (secondary N) is 2. The van der Waals surface area contributed by atoms with Crippen molar-refractivity contribution in [2.24, 2.45) is 0 Å². The molecule has 0 bridgehead atoms. The Hall–Kier alpha value is -0.650. The van der Waals surface area contributed by atoms with Crippen LogP contribution < -0.4 is 10.6 Å². The molecule has 84 valence electrons. The van der Waals surface area contributed by atoms with E-state index in [-0.39, 0.29) is 0 Å². The van der Waals surface area contributed by atoms with Gasteiger partial charge in [-0.05, 0) is 37.0 Å². The van der Waals surface area contributed by atoms with Crippen LogP contribution in [0.1, 0.15) is 13.3 Å². The van der Waals surface area contributed by atoms with Crippen molar-refractivity contribution in [2.75, 3.05) is 25.1 Å². The van der Waals surface area contributed by atoms with Crippen LogP contribution >= 0.6 is 23.6 Å². The van der Waals surface area contributed by atoms with Crippen molar-refractivity contribution in [1.82, 2.24) is 5.32 Å². The summed E-state index contributed by atoms with van der Waals surface area (Å²) in [5, 5.41) is 10.9. The average molecular weight is 244 g/mol. The van der Waals surface area contributed by atoms with E-state index in [1.807, 2.05) is 23.8 Å². The van der Waals surface area contributed by atoms with Crippen LogP contribution in [0, 0.1) is 0 Å². The number of rotatable bonds is 6. The van der Waals surface area contributed by atoms with Gasteiger partial charge in [-0.1, -0.05) is 0 Å². The molecule has 1 aromatic heterocycles. The molecule has 1 rings (SSSR count). The van der Waals surface area contributed by atoms with Crippen molar-refractivity contribution in [1.29, 1.82) is 0 Å². The maximum absolute atomic E-state index is 5.22. The monoisotopic (exact) mass is 244 g/mol. The topological polar surface area (TPSA) is 33.3 Å². The molecule has 0 spiro atoms. The first-order chi connectivity index (χ1) is 7.33. The van der Waals surface area contributed by atoms with E-state index in [0.29, 0.717) is 5.11 Å². The molecular weight excluding hydrogens is 228 g/mol. The third kappa shape index (κ3) is 5.71. The molecule has 0 aromatic carbocycles. The van der Waals surface area contributed by atoms with Crippen LogP contribution in [0.3, 0.4) is 0 Å². The van der Waals surface area contributed by atoms with E-state index < -0.39 is 0 Å². The van der Waals surface area contributed by atoms with Gasteiger partial charge in [0.15, 0.2) is 5.11 Å². The van der Waals surface area contributed by atoms with Crippen molar-refractivity contribution in [3.05, 3.63) is 16.8 Å². The van der Waals surface area contributed by atoms with E-state index in [1.54, 1.807) is 11.3 Å². The number of hydrogen-bond acceptors (Lipinski definition) is 3. The summed E-state index contributed by atoms with van der Waals surface area (Å²) in [5.74, 6) is 0. The zero-order valence-electron chi connectivity index (χ0n) is 8.79. The summed E-state index contributed by atoms with van der Waals surface area (Å²) in [7, 11) is 0. The van der Waals surface area contributed by atoms with Crippen LogP contribution in [0.5, 0.6) is 0 Å². The Morgan fingerprint density at radius 1 is 1.60 bits per heavy atom. The lowest BCUT2D eigenvalue weighted by Crippen LogP contribution is -2.29. The van der Waals surface area contributed by atoms with Gasteiger partial charge in [0, 0.05) is 25.1 Å². The van der Waals surface area contributed by atoms with E-state index >= 15 is 0 Å². The summed E-state index contributed by atoms with van der Waals surface area (Å²) in [5.41, 5.74) is 1.04. The minimum Gasteiger partial charge on any atom is -0.382 e. The van der Waals surface area contributed by atoms with E-state index in [9.17, 15) is 0 Å². The summed E-state index contributed by atoms with van der Waals surface area (Å²) in [6, 6.07) is 2.00. The smallest absolute Gasteiger partial charge is 0.170 e. The van der Waals surface area contributed by atoms with Crippen molar-refractivity contribution < 1.29 is 4.74 Å². The van der Waals surface area contributed by atoms with Crippen molar-refractivity contribution in [3.8, 4) is 0 Å². The predicted molar refractivity (Wildman–Crippen MR) is 69.7 cm³/mol. The molecule has 0 amide bonds. The van der Waals surface area contributed by atoms with Crippen LogP contribution in [-0.2, 0) is 4.74 Å². The van der Waals surface area contributed by atoms with Crippen molar-refractivity contribution in [3.63, 3.8) is 0 Å². The van der Waals surface area contributed by atoms with Gasteiger partial charge < -0.3 is 15.4 Å². The lowest BCUT2D eigenvalue weighted by atomic mass is 10.4. The second-order valence-corrected chi connectivity index (χ2v) is 4.13. The Labute approximate surface area is 99.8 Å². The standard InChI is InChI=1S/C10H16N2OS2/c1-2-13-6-3-5-11-10(14)12-9-4-7-15-8-9/h4,7-8H,2-3,5-6H2,1H3,(H2,11,12,14). The third-order valence-corrected chi connectivity index (χ3v) is 2.66. The zero-order chi connectivity index (χ0) is 10.9.